The monoisotopic (exact) mass is 501 g/mol. The molecule has 0 bridgehead atoms. The van der Waals surface area contributed by atoms with E-state index in [1.54, 1.807) is 24.3 Å². The molecule has 0 radical (unpaired) electrons. The molecule has 0 spiro atoms. The number of aliphatic hydroxyl groups is 1. The highest BCUT2D eigenvalue weighted by atomic mass is 19.1. The lowest BCUT2D eigenvalue weighted by atomic mass is 9.78. The summed E-state index contributed by atoms with van der Waals surface area (Å²) in [5.41, 5.74) is -0.0409. The first-order valence-corrected chi connectivity index (χ1v) is 11.2. The molecule has 2 aromatic carbocycles. The lowest BCUT2D eigenvalue weighted by Gasteiger charge is -2.38. The highest BCUT2D eigenvalue weighted by Crippen LogP contribution is 2.42. The summed E-state index contributed by atoms with van der Waals surface area (Å²) in [5, 5.41) is 19.3. The van der Waals surface area contributed by atoms with Crippen LogP contribution in [-0.2, 0) is 21.6 Å². The summed E-state index contributed by atoms with van der Waals surface area (Å²) in [6.45, 7) is 0.0253. The van der Waals surface area contributed by atoms with Crippen molar-refractivity contribution in [2.24, 2.45) is 0 Å². The van der Waals surface area contributed by atoms with E-state index in [0.29, 0.717) is 16.2 Å². The molecule has 0 unspecified atom stereocenters. The fourth-order valence-electron chi connectivity index (χ4n) is 4.33. The van der Waals surface area contributed by atoms with Crippen LogP contribution >= 0.6 is 0 Å². The Kier molecular flexibility index (Phi) is 7.04. The quantitative estimate of drug-likeness (QED) is 0.311. The molecule has 4 rings (SSSR count). The van der Waals surface area contributed by atoms with Gasteiger partial charge in [-0.1, -0.05) is 24.3 Å². The standard InChI is InChI=1S/C25H25F2N3O6/c1-29(34)24(33)30-11-9-25(10-12-30,23(32)35-2)22-28-20(16-5-3-15(14-31)4-6-16)21(36-22)18-8-7-17(26)13-19(18)27/h3-8,13,31,34H,9-12,14H2,1-2H3. The third kappa shape index (κ3) is 4.54. The van der Waals surface area contributed by atoms with Crippen molar-refractivity contribution in [2.75, 3.05) is 27.2 Å². The van der Waals surface area contributed by atoms with Gasteiger partial charge in [0.05, 0.1) is 19.3 Å². The van der Waals surface area contributed by atoms with Gasteiger partial charge in [0.15, 0.2) is 5.76 Å². The summed E-state index contributed by atoms with van der Waals surface area (Å²) >= 11 is 0. The van der Waals surface area contributed by atoms with Crippen molar-refractivity contribution in [1.29, 1.82) is 0 Å². The number of carbonyl (C=O) groups excluding carboxylic acids is 2. The molecule has 2 N–H and O–H groups in total. The number of carbonyl (C=O) groups is 2. The molecular weight excluding hydrogens is 476 g/mol. The van der Waals surface area contributed by atoms with E-state index in [2.05, 4.69) is 4.98 Å². The maximum absolute atomic E-state index is 14.8. The van der Waals surface area contributed by atoms with Gasteiger partial charge in [-0.05, 0) is 30.5 Å². The zero-order valence-corrected chi connectivity index (χ0v) is 19.7. The van der Waals surface area contributed by atoms with Crippen LogP contribution in [0.1, 0.15) is 24.3 Å². The molecule has 0 aliphatic carbocycles. The number of rotatable bonds is 5. The van der Waals surface area contributed by atoms with E-state index in [1.807, 2.05) is 0 Å². The van der Waals surface area contributed by atoms with Crippen molar-refractivity contribution in [2.45, 2.75) is 24.9 Å². The van der Waals surface area contributed by atoms with E-state index in [-0.39, 0.29) is 55.4 Å². The molecule has 1 saturated heterocycles. The highest BCUT2D eigenvalue weighted by molar-refractivity contribution is 5.84. The molecule has 1 aliphatic heterocycles. The number of ether oxygens (including phenoxy) is 1. The summed E-state index contributed by atoms with van der Waals surface area (Å²) in [6.07, 6.45) is 0.155. The van der Waals surface area contributed by atoms with Crippen LogP contribution in [0.4, 0.5) is 13.6 Å². The molecule has 3 aromatic rings. The Morgan fingerprint density at radius 3 is 2.39 bits per heavy atom. The van der Waals surface area contributed by atoms with Crippen LogP contribution in [0, 0.1) is 11.6 Å². The van der Waals surface area contributed by atoms with Crippen molar-refractivity contribution in [3.63, 3.8) is 0 Å². The van der Waals surface area contributed by atoms with Gasteiger partial charge in [-0.25, -0.2) is 23.6 Å². The van der Waals surface area contributed by atoms with E-state index in [1.165, 1.54) is 25.1 Å². The lowest BCUT2D eigenvalue weighted by Crippen LogP contribution is -2.51. The molecule has 2 heterocycles. The van der Waals surface area contributed by atoms with Gasteiger partial charge in [-0.15, -0.1) is 0 Å². The molecule has 0 saturated carbocycles. The average molecular weight is 501 g/mol. The first-order valence-electron chi connectivity index (χ1n) is 11.2. The molecule has 1 aliphatic rings. The Morgan fingerprint density at radius 2 is 1.83 bits per heavy atom. The van der Waals surface area contributed by atoms with Crippen molar-refractivity contribution < 1.29 is 37.8 Å². The molecular formula is C25H25F2N3O6. The SMILES string of the molecule is COC(=O)C1(c2nc(-c3ccc(CO)cc3)c(-c3ccc(F)cc3F)o2)CCN(C(=O)N(C)O)CC1. The number of halogens is 2. The van der Waals surface area contributed by atoms with Crippen molar-refractivity contribution in [1.82, 2.24) is 14.9 Å². The van der Waals surface area contributed by atoms with Crippen molar-refractivity contribution >= 4 is 12.0 Å². The van der Waals surface area contributed by atoms with Crippen LogP contribution < -0.4 is 0 Å². The minimum Gasteiger partial charge on any atom is -0.468 e. The van der Waals surface area contributed by atoms with Gasteiger partial charge in [0.1, 0.15) is 22.7 Å². The van der Waals surface area contributed by atoms with Crippen molar-refractivity contribution in [3.8, 4) is 22.6 Å². The number of likely N-dealkylation sites (tertiary alicyclic amines) is 1. The summed E-state index contributed by atoms with van der Waals surface area (Å²) in [4.78, 5) is 31.2. The van der Waals surface area contributed by atoms with Gasteiger partial charge >= 0.3 is 12.0 Å². The zero-order valence-electron chi connectivity index (χ0n) is 19.7. The third-order valence-corrected chi connectivity index (χ3v) is 6.36. The van der Waals surface area contributed by atoms with Crippen molar-refractivity contribution in [3.05, 3.63) is 65.6 Å². The molecule has 190 valence electrons. The van der Waals surface area contributed by atoms with E-state index in [4.69, 9.17) is 9.15 Å². The van der Waals surface area contributed by atoms with Gasteiger partial charge in [-0.2, -0.15) is 0 Å². The summed E-state index contributed by atoms with van der Waals surface area (Å²) in [6, 6.07) is 9.08. The number of amides is 2. The lowest BCUT2D eigenvalue weighted by molar-refractivity contribution is -0.150. The number of hydroxylamine groups is 2. The molecule has 11 heteroatoms. The van der Waals surface area contributed by atoms with Crippen LogP contribution in [0.15, 0.2) is 46.9 Å². The van der Waals surface area contributed by atoms with Crippen LogP contribution in [0.25, 0.3) is 22.6 Å². The van der Waals surface area contributed by atoms with Gasteiger partial charge in [0, 0.05) is 31.8 Å². The number of oxazole rings is 1. The molecule has 2 amide bonds. The maximum Gasteiger partial charge on any atom is 0.343 e. The largest absolute Gasteiger partial charge is 0.468 e. The first kappa shape index (κ1) is 25.3. The minimum absolute atomic E-state index is 0.00359. The van der Waals surface area contributed by atoms with Crippen LogP contribution in [0.2, 0.25) is 0 Å². The number of esters is 1. The van der Waals surface area contributed by atoms with E-state index >= 15 is 0 Å². The second kappa shape index (κ2) is 10.0. The number of urea groups is 1. The smallest absolute Gasteiger partial charge is 0.343 e. The second-order valence-corrected chi connectivity index (χ2v) is 8.54. The third-order valence-electron chi connectivity index (χ3n) is 6.36. The van der Waals surface area contributed by atoms with Gasteiger partial charge in [-0.3, -0.25) is 10.0 Å². The van der Waals surface area contributed by atoms with Crippen LogP contribution in [-0.4, -0.2) is 64.5 Å². The predicted molar refractivity (Wildman–Crippen MR) is 123 cm³/mol. The van der Waals surface area contributed by atoms with Gasteiger partial charge in [0.25, 0.3) is 0 Å². The van der Waals surface area contributed by atoms with E-state index < -0.39 is 29.0 Å². The van der Waals surface area contributed by atoms with E-state index in [0.717, 1.165) is 12.1 Å². The molecule has 1 aromatic heterocycles. The number of nitrogens with zero attached hydrogens (tertiary/aromatic N) is 3. The zero-order chi connectivity index (χ0) is 26.0. The molecule has 0 atom stereocenters. The highest BCUT2D eigenvalue weighted by Gasteiger charge is 2.49. The van der Waals surface area contributed by atoms with Gasteiger partial charge < -0.3 is 19.2 Å². The average Bonchev–Trinajstić information content (AvgIpc) is 3.33. The maximum atomic E-state index is 14.8. The molecule has 1 fully saturated rings. The fraction of sp³-hybridized carbons (Fsp3) is 0.320. The number of methoxy groups -OCH3 is 1. The Morgan fingerprint density at radius 1 is 1.17 bits per heavy atom. The normalized spacial score (nSPS) is 15.0. The number of aliphatic hydroxyl groups excluding tert-OH is 1. The molecule has 9 nitrogen and oxygen atoms in total. The Hall–Kier alpha value is -3.83. The number of piperidine rings is 1. The number of benzene rings is 2. The van der Waals surface area contributed by atoms with Crippen LogP contribution in [0.5, 0.6) is 0 Å². The minimum atomic E-state index is -1.38. The first-order chi connectivity index (χ1) is 17.2. The fourth-order valence-corrected chi connectivity index (χ4v) is 4.33. The molecule has 36 heavy (non-hydrogen) atoms. The van der Waals surface area contributed by atoms with Crippen LogP contribution in [0.3, 0.4) is 0 Å². The topological polar surface area (TPSA) is 116 Å². The Bertz CT molecular complexity index is 1270. The number of aromatic nitrogens is 1. The van der Waals surface area contributed by atoms with Gasteiger partial charge in [0.2, 0.25) is 5.89 Å². The number of hydrogen-bond donors (Lipinski definition) is 2. The second-order valence-electron chi connectivity index (χ2n) is 8.54. The summed E-state index contributed by atoms with van der Waals surface area (Å²) in [5.74, 6) is -2.30. The Labute approximate surface area is 205 Å². The van der Waals surface area contributed by atoms with E-state index in [9.17, 15) is 28.7 Å². The summed E-state index contributed by atoms with van der Waals surface area (Å²) in [7, 11) is 2.43. The summed E-state index contributed by atoms with van der Waals surface area (Å²) < 4.78 is 39.5. The number of hydrogen-bond acceptors (Lipinski definition) is 7. The Balaban J connectivity index is 1.84. The predicted octanol–water partition coefficient (Wildman–Crippen LogP) is 3.73.